The smallest absolute Gasteiger partial charge is 0.374 e. The van der Waals surface area contributed by atoms with Gasteiger partial charge in [-0.2, -0.15) is 13.2 Å². The zero-order valence-electron chi connectivity index (χ0n) is 17.1. The van der Waals surface area contributed by atoms with E-state index in [1.54, 1.807) is 6.07 Å². The lowest BCUT2D eigenvalue weighted by atomic mass is 10.2. The van der Waals surface area contributed by atoms with E-state index in [4.69, 9.17) is 4.74 Å². The molecule has 6 rings (SSSR count). The number of ether oxygens (including phenoxy) is 1. The zero-order chi connectivity index (χ0) is 22.0. The van der Waals surface area contributed by atoms with Gasteiger partial charge in [0.25, 0.3) is 0 Å². The number of hydrogen-bond acceptors (Lipinski definition) is 7. The van der Waals surface area contributed by atoms with Crippen LogP contribution in [0, 0.1) is 5.82 Å². The summed E-state index contributed by atoms with van der Waals surface area (Å²) in [5.74, 6) is 0.451. The second-order valence-corrected chi connectivity index (χ2v) is 8.86. The Labute approximate surface area is 181 Å². The fraction of sp³-hybridized carbons (Fsp3) is 0.524. The second-order valence-electron chi connectivity index (χ2n) is 8.86. The summed E-state index contributed by atoms with van der Waals surface area (Å²) >= 11 is 0. The molecule has 11 heteroatoms. The van der Waals surface area contributed by atoms with Crippen LogP contribution in [0.3, 0.4) is 0 Å². The van der Waals surface area contributed by atoms with E-state index in [9.17, 15) is 13.2 Å². The third kappa shape index (κ3) is 3.34. The number of fused-ring (bicyclic) bond motifs is 4. The predicted molar refractivity (Wildman–Crippen MR) is 110 cm³/mol. The lowest BCUT2D eigenvalue weighted by Crippen LogP contribution is -2.44. The monoisotopic (exact) mass is 450 g/mol. The molecule has 4 unspecified atom stereocenters. The van der Waals surface area contributed by atoms with Crippen LogP contribution in [0.1, 0.15) is 18.4 Å². The summed E-state index contributed by atoms with van der Waals surface area (Å²) in [6.07, 6.45) is -1.81. The van der Waals surface area contributed by atoms with Crippen molar-refractivity contribution in [2.75, 3.05) is 41.4 Å². The number of piperazine rings is 1. The first kappa shape index (κ1) is 20.0. The van der Waals surface area contributed by atoms with Gasteiger partial charge in [0.15, 0.2) is 11.6 Å². The highest BCUT2D eigenvalue weighted by Gasteiger charge is 2.43. The Kier molecular flexibility index (Phi) is 4.48. The number of halogens is 4. The summed E-state index contributed by atoms with van der Waals surface area (Å²) in [6, 6.07) is 4.46. The summed E-state index contributed by atoms with van der Waals surface area (Å²) in [6.45, 7) is 2.62. The van der Waals surface area contributed by atoms with Crippen molar-refractivity contribution in [3.63, 3.8) is 0 Å². The highest BCUT2D eigenvalue weighted by molar-refractivity contribution is 5.68. The molecule has 0 aliphatic carbocycles. The normalized spacial score (nSPS) is 28.8. The molecule has 2 aromatic rings. The first-order valence-corrected chi connectivity index (χ1v) is 10.7. The third-order valence-corrected chi connectivity index (χ3v) is 6.81. The topological polar surface area (TPSA) is 65.5 Å². The summed E-state index contributed by atoms with van der Waals surface area (Å²) in [7, 11) is 0. The first-order chi connectivity index (χ1) is 15.3. The predicted octanol–water partition coefficient (Wildman–Crippen LogP) is 2.91. The van der Waals surface area contributed by atoms with Gasteiger partial charge in [-0.05, 0) is 25.0 Å². The van der Waals surface area contributed by atoms with Gasteiger partial charge in [-0.25, -0.2) is 14.4 Å². The maximum Gasteiger partial charge on any atom is 0.417 e. The highest BCUT2D eigenvalue weighted by Crippen LogP contribution is 2.40. The number of nitrogens with one attached hydrogen (secondary N) is 2. The molecular formula is C21H22F4N6O. The van der Waals surface area contributed by atoms with E-state index in [2.05, 4.69) is 25.5 Å². The molecule has 2 aromatic heterocycles. The van der Waals surface area contributed by atoms with Crippen molar-refractivity contribution in [2.24, 2.45) is 0 Å². The van der Waals surface area contributed by atoms with Crippen molar-refractivity contribution in [1.29, 1.82) is 0 Å². The molecule has 0 aromatic carbocycles. The van der Waals surface area contributed by atoms with Gasteiger partial charge >= 0.3 is 6.18 Å². The van der Waals surface area contributed by atoms with E-state index >= 15 is 4.39 Å². The van der Waals surface area contributed by atoms with Crippen LogP contribution < -0.4 is 20.4 Å². The van der Waals surface area contributed by atoms with Crippen molar-refractivity contribution >= 4 is 23.1 Å². The molecule has 4 atom stereocenters. The van der Waals surface area contributed by atoms with Crippen molar-refractivity contribution in [1.82, 2.24) is 15.3 Å². The molecule has 170 valence electrons. The van der Waals surface area contributed by atoms with Crippen LogP contribution in [-0.2, 0) is 10.9 Å². The molecular weight excluding hydrogens is 428 g/mol. The lowest BCUT2D eigenvalue weighted by molar-refractivity contribution is -0.137. The largest absolute Gasteiger partial charge is 0.417 e. The minimum absolute atomic E-state index is 0.0739. The van der Waals surface area contributed by atoms with Crippen molar-refractivity contribution < 1.29 is 22.3 Å². The van der Waals surface area contributed by atoms with Crippen LogP contribution in [0.15, 0.2) is 24.4 Å². The second kappa shape index (κ2) is 7.17. The van der Waals surface area contributed by atoms with Gasteiger partial charge in [-0.3, -0.25) is 0 Å². The van der Waals surface area contributed by atoms with Gasteiger partial charge in [0.1, 0.15) is 11.6 Å². The molecule has 4 bridgehead atoms. The van der Waals surface area contributed by atoms with Crippen molar-refractivity contribution in [2.45, 2.75) is 43.2 Å². The fourth-order valence-electron chi connectivity index (χ4n) is 5.25. The summed E-state index contributed by atoms with van der Waals surface area (Å²) in [5.41, 5.74) is -0.368. The maximum atomic E-state index is 15.8. The summed E-state index contributed by atoms with van der Waals surface area (Å²) < 4.78 is 59.9. The average molecular weight is 450 g/mol. The number of nitrogens with zero attached hydrogens (tertiary/aromatic N) is 4. The van der Waals surface area contributed by atoms with Gasteiger partial charge < -0.3 is 25.2 Å². The Morgan fingerprint density at radius 2 is 1.97 bits per heavy atom. The maximum absolute atomic E-state index is 15.8. The fourth-order valence-corrected chi connectivity index (χ4v) is 5.25. The van der Waals surface area contributed by atoms with Crippen LogP contribution >= 0.6 is 0 Å². The minimum atomic E-state index is -4.46. The Morgan fingerprint density at radius 1 is 1.09 bits per heavy atom. The molecule has 4 aliphatic heterocycles. The molecule has 0 radical (unpaired) electrons. The Hall–Kier alpha value is -2.66. The number of morpholine rings is 1. The van der Waals surface area contributed by atoms with E-state index < -0.39 is 11.7 Å². The standard InChI is InChI=1S/C21H22F4N6O/c22-19-16(30-8-12-3-13(30)7-26-12)5-18(28-17-2-1-11(6-27-17)21(23,24)25)29-20(19)31-9-15-4-14(31)10-32-15/h1-2,5-6,12-15,26H,3-4,7-10H2,(H,27,28,29). The Bertz CT molecular complexity index is 983. The molecule has 6 heterocycles. The van der Waals surface area contributed by atoms with Crippen LogP contribution in [0.25, 0.3) is 0 Å². The summed E-state index contributed by atoms with van der Waals surface area (Å²) in [5, 5.41) is 6.38. The highest BCUT2D eigenvalue weighted by atomic mass is 19.4. The van der Waals surface area contributed by atoms with Crippen molar-refractivity contribution in [3.8, 4) is 0 Å². The molecule has 0 saturated carbocycles. The SMILES string of the molecule is Fc1c(N2CC3CC2CN3)cc(Nc2ccc(C(F)(F)F)cn2)nc1N1CC2CC1CO2. The van der Waals surface area contributed by atoms with Gasteiger partial charge in [0.05, 0.1) is 30.0 Å². The number of aromatic nitrogens is 2. The van der Waals surface area contributed by atoms with E-state index in [1.165, 1.54) is 6.07 Å². The van der Waals surface area contributed by atoms with Crippen LogP contribution in [0.5, 0.6) is 0 Å². The number of hydrogen-bond donors (Lipinski definition) is 2. The molecule has 2 N–H and O–H groups in total. The van der Waals surface area contributed by atoms with Crippen LogP contribution in [0.4, 0.5) is 40.7 Å². The van der Waals surface area contributed by atoms with Gasteiger partial charge in [-0.1, -0.05) is 0 Å². The van der Waals surface area contributed by atoms with Gasteiger partial charge in [-0.15, -0.1) is 0 Å². The molecule has 0 spiro atoms. The number of anilines is 4. The molecule has 0 amide bonds. The number of alkyl halides is 3. The first-order valence-electron chi connectivity index (χ1n) is 10.7. The van der Waals surface area contributed by atoms with E-state index in [1.807, 2.05) is 4.90 Å². The van der Waals surface area contributed by atoms with Crippen LogP contribution in [0.2, 0.25) is 0 Å². The van der Waals surface area contributed by atoms with E-state index in [0.717, 1.165) is 31.6 Å². The minimum Gasteiger partial charge on any atom is -0.374 e. The van der Waals surface area contributed by atoms with E-state index in [-0.39, 0.29) is 35.6 Å². The van der Waals surface area contributed by atoms with Gasteiger partial charge in [0.2, 0.25) is 0 Å². The Morgan fingerprint density at radius 3 is 2.56 bits per heavy atom. The summed E-state index contributed by atoms with van der Waals surface area (Å²) in [4.78, 5) is 12.4. The molecule has 4 aliphatic rings. The molecule has 4 fully saturated rings. The van der Waals surface area contributed by atoms with Crippen LogP contribution in [-0.4, -0.2) is 60.4 Å². The quantitative estimate of drug-likeness (QED) is 0.695. The lowest BCUT2D eigenvalue weighted by Gasteiger charge is -2.33. The molecule has 32 heavy (non-hydrogen) atoms. The van der Waals surface area contributed by atoms with Gasteiger partial charge in [0, 0.05) is 44.0 Å². The molecule has 7 nitrogen and oxygen atoms in total. The van der Waals surface area contributed by atoms with E-state index in [0.29, 0.717) is 37.2 Å². The number of rotatable bonds is 4. The Balaban J connectivity index is 1.35. The molecule has 4 saturated heterocycles. The number of pyridine rings is 2. The van der Waals surface area contributed by atoms with Crippen molar-refractivity contribution in [3.05, 3.63) is 35.8 Å². The third-order valence-electron chi connectivity index (χ3n) is 6.81. The average Bonchev–Trinajstić information content (AvgIpc) is 3.56. The zero-order valence-corrected chi connectivity index (χ0v) is 17.1.